The zero-order valence-corrected chi connectivity index (χ0v) is 20.5. The molecular formula is C26H31Cl2NO3. The van der Waals surface area contributed by atoms with Gasteiger partial charge in [0.05, 0.1) is 22.2 Å². The highest BCUT2D eigenvalue weighted by atomic mass is 35.5. The molecule has 6 heteroatoms. The van der Waals surface area contributed by atoms with Crippen LogP contribution in [-0.2, 0) is 14.3 Å². The number of rotatable bonds is 8. The summed E-state index contributed by atoms with van der Waals surface area (Å²) in [5, 5.41) is 4.17. The summed E-state index contributed by atoms with van der Waals surface area (Å²) in [7, 11) is 0. The van der Waals surface area contributed by atoms with Crippen LogP contribution in [0.15, 0.2) is 53.4 Å². The molecular weight excluding hydrogens is 445 g/mol. The molecule has 1 aliphatic carbocycles. The monoisotopic (exact) mass is 475 g/mol. The summed E-state index contributed by atoms with van der Waals surface area (Å²) in [4.78, 5) is 26.9. The Morgan fingerprint density at radius 3 is 2.66 bits per heavy atom. The normalized spacial score (nSPS) is 23.0. The minimum absolute atomic E-state index is 0.00412. The Balaban J connectivity index is 2.20. The van der Waals surface area contributed by atoms with E-state index in [-0.39, 0.29) is 11.2 Å². The molecule has 0 amide bonds. The molecule has 0 spiro atoms. The quantitative estimate of drug-likeness (QED) is 0.252. The first-order valence-electron chi connectivity index (χ1n) is 11.3. The molecule has 172 valence electrons. The van der Waals surface area contributed by atoms with Gasteiger partial charge in [0.25, 0.3) is 0 Å². The highest BCUT2D eigenvalue weighted by Crippen LogP contribution is 2.50. The van der Waals surface area contributed by atoms with Gasteiger partial charge in [-0.05, 0) is 37.3 Å². The maximum absolute atomic E-state index is 13.6. The number of unbranched alkanes of at least 4 members (excludes halogenated alkanes) is 1. The van der Waals surface area contributed by atoms with Crippen LogP contribution in [0.3, 0.4) is 0 Å². The van der Waals surface area contributed by atoms with Crippen LogP contribution >= 0.6 is 23.2 Å². The zero-order valence-electron chi connectivity index (χ0n) is 19.0. The van der Waals surface area contributed by atoms with Crippen molar-refractivity contribution in [2.75, 3.05) is 6.61 Å². The van der Waals surface area contributed by atoms with E-state index in [1.807, 2.05) is 26.0 Å². The zero-order chi connectivity index (χ0) is 23.5. The third kappa shape index (κ3) is 4.53. The van der Waals surface area contributed by atoms with Gasteiger partial charge in [-0.3, -0.25) is 4.79 Å². The maximum atomic E-state index is 13.6. The van der Waals surface area contributed by atoms with Gasteiger partial charge in [0.15, 0.2) is 5.78 Å². The molecule has 2 atom stereocenters. The number of hydrogen-bond donors (Lipinski definition) is 1. The Kier molecular flexibility index (Phi) is 7.89. The van der Waals surface area contributed by atoms with Gasteiger partial charge >= 0.3 is 5.97 Å². The average Bonchev–Trinajstić information content (AvgIpc) is 2.79. The fourth-order valence-corrected chi connectivity index (χ4v) is 5.02. The van der Waals surface area contributed by atoms with Crippen molar-refractivity contribution in [3.8, 4) is 0 Å². The Hall–Kier alpha value is -2.04. The number of esters is 1. The van der Waals surface area contributed by atoms with Gasteiger partial charge < -0.3 is 10.1 Å². The Morgan fingerprint density at radius 2 is 2.03 bits per heavy atom. The van der Waals surface area contributed by atoms with E-state index in [0.717, 1.165) is 30.7 Å². The molecule has 1 aliphatic heterocycles. The van der Waals surface area contributed by atoms with E-state index in [2.05, 4.69) is 18.8 Å². The predicted molar refractivity (Wildman–Crippen MR) is 130 cm³/mol. The van der Waals surface area contributed by atoms with Gasteiger partial charge in [-0.25, -0.2) is 4.79 Å². The van der Waals surface area contributed by atoms with Crippen molar-refractivity contribution in [1.82, 2.24) is 5.32 Å². The Bertz CT molecular complexity index is 995. The molecule has 0 fully saturated rings. The number of nitrogens with one attached hydrogen (secondary N) is 1. The lowest BCUT2D eigenvalue weighted by Crippen LogP contribution is -2.40. The van der Waals surface area contributed by atoms with Crippen LogP contribution in [0.5, 0.6) is 0 Å². The van der Waals surface area contributed by atoms with Crippen LogP contribution in [0, 0.1) is 5.41 Å². The van der Waals surface area contributed by atoms with E-state index in [1.54, 1.807) is 12.1 Å². The van der Waals surface area contributed by atoms with Crippen molar-refractivity contribution in [1.29, 1.82) is 0 Å². The van der Waals surface area contributed by atoms with Crippen LogP contribution in [0.25, 0.3) is 0 Å². The van der Waals surface area contributed by atoms with Crippen LogP contribution < -0.4 is 5.32 Å². The van der Waals surface area contributed by atoms with E-state index in [4.69, 9.17) is 27.9 Å². The number of dihydropyridines is 1. The summed E-state index contributed by atoms with van der Waals surface area (Å²) in [6.07, 6.45) is 5.99. The van der Waals surface area contributed by atoms with E-state index in [9.17, 15) is 9.59 Å². The summed E-state index contributed by atoms with van der Waals surface area (Å²) in [5.74, 6) is -1.04. The number of halogens is 2. The molecule has 0 bridgehead atoms. The molecule has 0 aromatic heterocycles. The first-order valence-corrected chi connectivity index (χ1v) is 12.1. The molecule has 3 rings (SSSR count). The lowest BCUT2D eigenvalue weighted by molar-refractivity contribution is -0.139. The largest absolute Gasteiger partial charge is 0.462 e. The standard InChI is InChI=1S/C26H31Cl2NO3/c1-5-9-13-32-25(31)23-18(6-2)29-19-14-26(7-3,8-4)15-20(30)22(19)21(23)16-11-10-12-17(27)24(16)28/h7,10-12,21,29H,3,5-6,8-9,13-15H2,1-2,4H3. The lowest BCUT2D eigenvalue weighted by atomic mass is 9.66. The molecule has 2 unspecified atom stereocenters. The first-order chi connectivity index (χ1) is 15.3. The molecule has 32 heavy (non-hydrogen) atoms. The topological polar surface area (TPSA) is 55.4 Å². The summed E-state index contributed by atoms with van der Waals surface area (Å²) in [6, 6.07) is 5.34. The fourth-order valence-electron chi connectivity index (χ4n) is 4.61. The first kappa shape index (κ1) is 24.6. The van der Waals surface area contributed by atoms with Crippen LogP contribution in [0.1, 0.15) is 70.8 Å². The van der Waals surface area contributed by atoms with Crippen molar-refractivity contribution in [2.45, 2.75) is 65.2 Å². The number of benzene rings is 1. The van der Waals surface area contributed by atoms with Crippen molar-refractivity contribution in [2.24, 2.45) is 5.41 Å². The summed E-state index contributed by atoms with van der Waals surface area (Å²) < 4.78 is 5.61. The number of hydrogen-bond acceptors (Lipinski definition) is 4. The molecule has 1 heterocycles. The minimum atomic E-state index is -0.617. The van der Waals surface area contributed by atoms with E-state index >= 15 is 0 Å². The molecule has 1 aromatic rings. The Labute approximate surface area is 200 Å². The van der Waals surface area contributed by atoms with Crippen LogP contribution in [0.4, 0.5) is 0 Å². The van der Waals surface area contributed by atoms with E-state index in [1.165, 1.54) is 0 Å². The van der Waals surface area contributed by atoms with Crippen molar-refractivity contribution >= 4 is 35.0 Å². The molecule has 0 radical (unpaired) electrons. The number of ether oxygens (including phenoxy) is 1. The number of carbonyl (C=O) groups excluding carboxylic acids is 2. The number of allylic oxidation sites excluding steroid dienone is 4. The van der Waals surface area contributed by atoms with E-state index < -0.39 is 11.9 Å². The third-order valence-electron chi connectivity index (χ3n) is 6.61. The predicted octanol–water partition coefficient (Wildman–Crippen LogP) is 6.89. The van der Waals surface area contributed by atoms with Crippen molar-refractivity contribution in [3.05, 3.63) is 69.0 Å². The van der Waals surface area contributed by atoms with Gasteiger partial charge in [-0.1, -0.05) is 68.6 Å². The molecule has 1 aromatic carbocycles. The average molecular weight is 476 g/mol. The molecule has 0 saturated heterocycles. The van der Waals surface area contributed by atoms with Gasteiger partial charge in [0.2, 0.25) is 0 Å². The van der Waals surface area contributed by atoms with Crippen molar-refractivity contribution in [3.63, 3.8) is 0 Å². The second-order valence-corrected chi connectivity index (χ2v) is 9.31. The second-order valence-electron chi connectivity index (χ2n) is 8.53. The van der Waals surface area contributed by atoms with Gasteiger partial charge in [0.1, 0.15) is 0 Å². The molecule has 0 saturated carbocycles. The Morgan fingerprint density at radius 1 is 1.28 bits per heavy atom. The molecule has 1 N–H and O–H groups in total. The molecule has 2 aliphatic rings. The van der Waals surface area contributed by atoms with Gasteiger partial charge in [-0.15, -0.1) is 6.58 Å². The number of Topliss-reactive ketones (excluding diaryl/α,β-unsaturated/α-hetero) is 1. The highest BCUT2D eigenvalue weighted by molar-refractivity contribution is 6.42. The smallest absolute Gasteiger partial charge is 0.336 e. The van der Waals surface area contributed by atoms with Gasteiger partial charge in [-0.2, -0.15) is 0 Å². The van der Waals surface area contributed by atoms with Crippen LogP contribution in [-0.4, -0.2) is 18.4 Å². The van der Waals surface area contributed by atoms with Crippen LogP contribution in [0.2, 0.25) is 10.0 Å². The summed E-state index contributed by atoms with van der Waals surface area (Å²) in [6.45, 7) is 10.4. The molecule has 4 nitrogen and oxygen atoms in total. The maximum Gasteiger partial charge on any atom is 0.336 e. The number of ketones is 1. The van der Waals surface area contributed by atoms with Crippen molar-refractivity contribution < 1.29 is 14.3 Å². The SMILES string of the molecule is C=CC1(CC)CC(=O)C2=C(C1)NC(CC)=C(C(=O)OCCCC)C2c1cccc(Cl)c1Cl. The van der Waals surface area contributed by atoms with E-state index in [0.29, 0.717) is 52.6 Å². The lowest BCUT2D eigenvalue weighted by Gasteiger charge is -2.41. The third-order valence-corrected chi connectivity index (χ3v) is 7.44. The number of carbonyl (C=O) groups is 2. The highest BCUT2D eigenvalue weighted by Gasteiger charge is 2.45. The minimum Gasteiger partial charge on any atom is -0.462 e. The fraction of sp³-hybridized carbons (Fsp3) is 0.462. The summed E-state index contributed by atoms with van der Waals surface area (Å²) >= 11 is 13.0. The second kappa shape index (κ2) is 10.3. The van der Waals surface area contributed by atoms with Gasteiger partial charge in [0, 0.05) is 34.7 Å². The summed E-state index contributed by atoms with van der Waals surface area (Å²) in [5.41, 5.74) is 2.98.